The first-order valence-corrected chi connectivity index (χ1v) is 9.63. The molecule has 0 aromatic heterocycles. The van der Waals surface area contributed by atoms with E-state index >= 15 is 0 Å². The number of hydrogen-bond acceptors (Lipinski definition) is 3. The molecule has 3 rings (SSSR count). The third kappa shape index (κ3) is 4.02. The van der Waals surface area contributed by atoms with Crippen LogP contribution in [0.1, 0.15) is 58.9 Å². The van der Waals surface area contributed by atoms with Crippen LogP contribution >= 0.6 is 0 Å². The zero-order valence-electron chi connectivity index (χ0n) is 16.3. The van der Waals surface area contributed by atoms with Crippen molar-refractivity contribution in [3.8, 4) is 5.75 Å². The summed E-state index contributed by atoms with van der Waals surface area (Å²) in [4.78, 5) is 26.6. The first-order chi connectivity index (χ1) is 12.3. The number of nitrogens with one attached hydrogen (secondary N) is 1. The number of anilines is 1. The molecule has 142 valence electrons. The fourth-order valence-electron chi connectivity index (χ4n) is 3.77. The number of amides is 2. The average Bonchev–Trinajstić information content (AvgIpc) is 2.58. The normalized spacial score (nSPS) is 23.2. The van der Waals surface area contributed by atoms with E-state index in [9.17, 15) is 9.59 Å². The van der Waals surface area contributed by atoms with Crippen LogP contribution in [-0.2, 0) is 15.0 Å². The summed E-state index contributed by atoms with van der Waals surface area (Å²) in [6.45, 7) is 8.60. The molecule has 0 spiro atoms. The highest BCUT2D eigenvalue weighted by atomic mass is 16.5. The quantitative estimate of drug-likeness (QED) is 0.901. The molecule has 2 atom stereocenters. The van der Waals surface area contributed by atoms with Gasteiger partial charge in [-0.2, -0.15) is 0 Å². The minimum Gasteiger partial charge on any atom is -0.482 e. The highest BCUT2D eigenvalue weighted by molar-refractivity contribution is 6.02. The monoisotopic (exact) mass is 358 g/mol. The lowest BCUT2D eigenvalue weighted by Crippen LogP contribution is -2.49. The Labute approximate surface area is 156 Å². The Bertz CT molecular complexity index is 693. The molecule has 1 aromatic rings. The van der Waals surface area contributed by atoms with Crippen LogP contribution in [0.15, 0.2) is 18.2 Å². The molecule has 0 unspecified atom stereocenters. The second-order valence-corrected chi connectivity index (χ2v) is 8.64. The van der Waals surface area contributed by atoms with Gasteiger partial charge in [0.1, 0.15) is 12.3 Å². The molecule has 2 aliphatic rings. The summed E-state index contributed by atoms with van der Waals surface area (Å²) in [5.74, 6) is 0.894. The molecule has 5 nitrogen and oxygen atoms in total. The number of hydrogen-bond donors (Lipinski definition) is 1. The van der Waals surface area contributed by atoms with Crippen LogP contribution in [0.2, 0.25) is 0 Å². The Kier molecular flexibility index (Phi) is 5.26. The summed E-state index contributed by atoms with van der Waals surface area (Å²) in [7, 11) is 0. The molecule has 1 aliphatic heterocycles. The standard InChI is InChI=1S/C21H30N2O3/c1-14-7-5-6-8-16(14)22-19(24)12-23-17-11-15(21(2,3)4)9-10-18(17)26-13-20(23)25/h9-11,14,16H,5-8,12-13H2,1-4H3,(H,22,24)/t14-,16+/m1/s1. The molecule has 26 heavy (non-hydrogen) atoms. The summed E-state index contributed by atoms with van der Waals surface area (Å²) in [6, 6.07) is 6.11. The molecule has 2 amide bonds. The lowest BCUT2D eigenvalue weighted by molar-refractivity contribution is -0.126. The van der Waals surface area contributed by atoms with Crippen molar-refractivity contribution in [2.45, 2.75) is 64.8 Å². The minimum atomic E-state index is -0.171. The van der Waals surface area contributed by atoms with Gasteiger partial charge >= 0.3 is 0 Å². The van der Waals surface area contributed by atoms with E-state index in [4.69, 9.17) is 4.74 Å². The van der Waals surface area contributed by atoms with Crippen LogP contribution in [0.4, 0.5) is 5.69 Å². The fourth-order valence-corrected chi connectivity index (χ4v) is 3.77. The molecule has 1 aliphatic carbocycles. The molecule has 1 saturated carbocycles. The van der Waals surface area contributed by atoms with Crippen molar-refractivity contribution < 1.29 is 14.3 Å². The Balaban J connectivity index is 1.77. The number of carbonyl (C=O) groups is 2. The molecule has 1 heterocycles. The van der Waals surface area contributed by atoms with Crippen molar-refractivity contribution >= 4 is 17.5 Å². The van der Waals surface area contributed by atoms with Crippen LogP contribution in [-0.4, -0.2) is 31.0 Å². The van der Waals surface area contributed by atoms with Gasteiger partial charge in [-0.15, -0.1) is 0 Å². The first-order valence-electron chi connectivity index (χ1n) is 9.63. The minimum absolute atomic E-state index is 0.0189. The van der Waals surface area contributed by atoms with Crippen LogP contribution in [0, 0.1) is 5.92 Å². The van der Waals surface area contributed by atoms with Crippen LogP contribution in [0.5, 0.6) is 5.75 Å². The maximum atomic E-state index is 12.6. The van der Waals surface area contributed by atoms with Crippen molar-refractivity contribution in [3.05, 3.63) is 23.8 Å². The van der Waals surface area contributed by atoms with Gasteiger partial charge < -0.3 is 10.1 Å². The van der Waals surface area contributed by atoms with Gasteiger partial charge in [0.2, 0.25) is 5.91 Å². The molecular weight excluding hydrogens is 328 g/mol. The maximum absolute atomic E-state index is 12.6. The lowest BCUT2D eigenvalue weighted by Gasteiger charge is -2.33. The Morgan fingerprint density at radius 3 is 2.69 bits per heavy atom. The van der Waals surface area contributed by atoms with Crippen LogP contribution in [0.3, 0.4) is 0 Å². The molecule has 0 saturated heterocycles. The van der Waals surface area contributed by atoms with E-state index < -0.39 is 0 Å². The first kappa shape index (κ1) is 18.7. The Morgan fingerprint density at radius 2 is 2.00 bits per heavy atom. The van der Waals surface area contributed by atoms with Crippen molar-refractivity contribution in [1.29, 1.82) is 0 Å². The number of carbonyl (C=O) groups excluding carboxylic acids is 2. The number of fused-ring (bicyclic) bond motifs is 1. The van der Waals surface area contributed by atoms with Gasteiger partial charge in [0.25, 0.3) is 5.91 Å². The molecule has 0 radical (unpaired) electrons. The highest BCUT2D eigenvalue weighted by Crippen LogP contribution is 2.36. The molecule has 0 bridgehead atoms. The topological polar surface area (TPSA) is 58.6 Å². The van der Waals surface area contributed by atoms with Gasteiger partial charge in [0.05, 0.1) is 5.69 Å². The van der Waals surface area contributed by atoms with E-state index in [1.54, 1.807) is 4.90 Å². The van der Waals surface area contributed by atoms with E-state index in [-0.39, 0.29) is 36.4 Å². The summed E-state index contributed by atoms with van der Waals surface area (Å²) in [6.07, 6.45) is 4.57. The van der Waals surface area contributed by atoms with Gasteiger partial charge in [0.15, 0.2) is 6.61 Å². The zero-order chi connectivity index (χ0) is 18.9. The van der Waals surface area contributed by atoms with Crippen molar-refractivity contribution in [1.82, 2.24) is 5.32 Å². The Hall–Kier alpha value is -2.04. The lowest BCUT2D eigenvalue weighted by atomic mass is 9.86. The SMILES string of the molecule is C[C@@H]1CCCC[C@@H]1NC(=O)CN1C(=O)COc2ccc(C(C)(C)C)cc21. The van der Waals surface area contributed by atoms with E-state index in [1.165, 1.54) is 6.42 Å². The largest absolute Gasteiger partial charge is 0.482 e. The van der Waals surface area contributed by atoms with E-state index in [2.05, 4.69) is 33.0 Å². The molecular formula is C21H30N2O3. The van der Waals surface area contributed by atoms with Crippen LogP contribution in [0.25, 0.3) is 0 Å². The summed E-state index contributed by atoms with van der Waals surface area (Å²) in [5, 5.41) is 3.14. The van der Waals surface area contributed by atoms with Gasteiger partial charge in [-0.25, -0.2) is 0 Å². The van der Waals surface area contributed by atoms with Crippen molar-refractivity contribution in [3.63, 3.8) is 0 Å². The number of rotatable bonds is 3. The average molecular weight is 358 g/mol. The van der Waals surface area contributed by atoms with E-state index in [1.807, 2.05) is 18.2 Å². The van der Waals surface area contributed by atoms with E-state index in [0.29, 0.717) is 17.4 Å². The third-order valence-corrected chi connectivity index (χ3v) is 5.53. The van der Waals surface area contributed by atoms with Gasteiger partial charge in [-0.05, 0) is 41.9 Å². The molecule has 1 aromatic carbocycles. The second-order valence-electron chi connectivity index (χ2n) is 8.64. The predicted molar refractivity (Wildman–Crippen MR) is 103 cm³/mol. The predicted octanol–water partition coefficient (Wildman–Crippen LogP) is 3.40. The zero-order valence-corrected chi connectivity index (χ0v) is 16.3. The second kappa shape index (κ2) is 7.29. The summed E-state index contributed by atoms with van der Waals surface area (Å²) >= 11 is 0. The van der Waals surface area contributed by atoms with Crippen molar-refractivity contribution in [2.75, 3.05) is 18.1 Å². The van der Waals surface area contributed by atoms with Crippen molar-refractivity contribution in [2.24, 2.45) is 5.92 Å². The third-order valence-electron chi connectivity index (χ3n) is 5.53. The Morgan fingerprint density at radius 1 is 1.27 bits per heavy atom. The molecule has 1 fully saturated rings. The number of benzene rings is 1. The smallest absolute Gasteiger partial charge is 0.265 e. The number of nitrogens with zero attached hydrogens (tertiary/aromatic N) is 1. The summed E-state index contributed by atoms with van der Waals surface area (Å²) in [5.41, 5.74) is 1.77. The maximum Gasteiger partial charge on any atom is 0.265 e. The van der Waals surface area contributed by atoms with Gasteiger partial charge in [-0.3, -0.25) is 14.5 Å². The van der Waals surface area contributed by atoms with Crippen LogP contribution < -0.4 is 15.0 Å². The molecule has 1 N–H and O–H groups in total. The van der Waals surface area contributed by atoms with E-state index in [0.717, 1.165) is 24.8 Å². The molecule has 5 heteroatoms. The fraction of sp³-hybridized carbons (Fsp3) is 0.619. The summed E-state index contributed by atoms with van der Waals surface area (Å²) < 4.78 is 5.56. The number of ether oxygens (including phenoxy) is 1. The van der Waals surface area contributed by atoms with Gasteiger partial charge in [0, 0.05) is 6.04 Å². The van der Waals surface area contributed by atoms with Gasteiger partial charge in [-0.1, -0.05) is 46.6 Å². The highest BCUT2D eigenvalue weighted by Gasteiger charge is 2.30.